The van der Waals surface area contributed by atoms with Gasteiger partial charge in [-0.25, -0.2) is 5.11 Å². The van der Waals surface area contributed by atoms with Gasteiger partial charge in [0.2, 0.25) is 0 Å². The van der Waals surface area contributed by atoms with Gasteiger partial charge >= 0.3 is 0 Å². The highest BCUT2D eigenvalue weighted by Gasteiger charge is 1.92. The second-order valence-corrected chi connectivity index (χ2v) is 2.73. The smallest absolute Gasteiger partial charge is 0.127 e. The van der Waals surface area contributed by atoms with Crippen molar-refractivity contribution >= 4 is 0 Å². The fraction of sp³-hybridized carbons (Fsp3) is 0.0769. The first-order valence-electron chi connectivity index (χ1n) is 4.64. The van der Waals surface area contributed by atoms with Crippen molar-refractivity contribution in [3.05, 3.63) is 60.7 Å². The molecule has 0 amide bonds. The van der Waals surface area contributed by atoms with E-state index in [2.05, 4.69) is 0 Å². The summed E-state index contributed by atoms with van der Waals surface area (Å²) < 4.78 is 5.58. The van der Waals surface area contributed by atoms with Crippen LogP contribution in [0.25, 0.3) is 0 Å². The van der Waals surface area contributed by atoms with Gasteiger partial charge in [-0.15, -0.1) is 0 Å². The van der Waals surface area contributed by atoms with Gasteiger partial charge in [0.25, 0.3) is 0 Å². The molecule has 1 radical (unpaired) electrons. The third-order valence-electron chi connectivity index (χ3n) is 1.72. The standard InChI is InChI=1S/C12H10O.CH3O/c1-3-7-11(8-4-1)13-12-9-5-2-6-10-12;1-2/h1-10H;1H3. The number of benzene rings is 2. The highest BCUT2D eigenvalue weighted by Crippen LogP contribution is 2.19. The Labute approximate surface area is 89.8 Å². The van der Waals surface area contributed by atoms with E-state index in [1.807, 2.05) is 60.7 Å². The second kappa shape index (κ2) is 6.62. The van der Waals surface area contributed by atoms with Crippen LogP contribution in [0.1, 0.15) is 0 Å². The highest BCUT2D eigenvalue weighted by molar-refractivity contribution is 5.30. The summed E-state index contributed by atoms with van der Waals surface area (Å²) in [7, 11) is 0.750. The lowest BCUT2D eigenvalue weighted by molar-refractivity contribution is 0.282. The third-order valence-corrected chi connectivity index (χ3v) is 1.72. The lowest BCUT2D eigenvalue weighted by Crippen LogP contribution is -1.81. The van der Waals surface area contributed by atoms with Gasteiger partial charge in [-0.2, -0.15) is 0 Å². The quantitative estimate of drug-likeness (QED) is 0.730. The third kappa shape index (κ3) is 3.83. The summed E-state index contributed by atoms with van der Waals surface area (Å²) >= 11 is 0. The summed E-state index contributed by atoms with van der Waals surface area (Å²) in [5.74, 6) is 1.74. The summed E-state index contributed by atoms with van der Waals surface area (Å²) in [6.45, 7) is 0. The normalized spacial score (nSPS) is 8.67. The molecule has 0 N–H and O–H groups in total. The molecule has 2 nitrogen and oxygen atoms in total. The molecule has 2 aromatic carbocycles. The van der Waals surface area contributed by atoms with E-state index in [-0.39, 0.29) is 0 Å². The van der Waals surface area contributed by atoms with Gasteiger partial charge < -0.3 is 4.74 Å². The molecule has 0 aliphatic heterocycles. The molecule has 2 rings (SSSR count). The maximum atomic E-state index is 8.25. The molecule has 15 heavy (non-hydrogen) atoms. The van der Waals surface area contributed by atoms with Crippen LogP contribution >= 0.6 is 0 Å². The van der Waals surface area contributed by atoms with Crippen LogP contribution in [0.4, 0.5) is 0 Å². The molecule has 2 heteroatoms. The molecule has 77 valence electrons. The Hall–Kier alpha value is -1.80. The number of rotatable bonds is 2. The predicted molar refractivity (Wildman–Crippen MR) is 59.6 cm³/mol. The maximum absolute atomic E-state index is 8.25. The summed E-state index contributed by atoms with van der Waals surface area (Å²) in [6, 6.07) is 19.5. The minimum atomic E-state index is 0.750. The molecular weight excluding hydrogens is 188 g/mol. The Kier molecular flexibility index (Phi) is 4.98. The van der Waals surface area contributed by atoms with Gasteiger partial charge in [0.1, 0.15) is 11.5 Å². The van der Waals surface area contributed by atoms with Crippen LogP contribution in [-0.4, -0.2) is 7.11 Å². The molecule has 0 spiro atoms. The average Bonchev–Trinajstić information content (AvgIpc) is 2.34. The minimum absolute atomic E-state index is 0.750. The maximum Gasteiger partial charge on any atom is 0.127 e. The monoisotopic (exact) mass is 201 g/mol. The predicted octanol–water partition coefficient (Wildman–Crippen LogP) is 3.53. The zero-order valence-corrected chi connectivity index (χ0v) is 8.59. The topological polar surface area (TPSA) is 29.1 Å². The molecule has 0 saturated carbocycles. The van der Waals surface area contributed by atoms with Crippen LogP contribution in [0.15, 0.2) is 60.7 Å². The molecule has 0 fully saturated rings. The molecular formula is C13H13O2. The van der Waals surface area contributed by atoms with Crippen LogP contribution in [0.2, 0.25) is 0 Å². The number of hydrogen-bond donors (Lipinski definition) is 0. The van der Waals surface area contributed by atoms with Crippen molar-refractivity contribution in [3.63, 3.8) is 0 Å². The molecule has 0 heterocycles. The molecule has 0 saturated heterocycles. The first-order valence-corrected chi connectivity index (χ1v) is 4.64. The molecule has 0 unspecified atom stereocenters. The fourth-order valence-electron chi connectivity index (χ4n) is 1.11. The molecule has 2 aromatic rings. The van der Waals surface area contributed by atoms with E-state index in [1.165, 1.54) is 0 Å². The number of hydrogen-bond acceptors (Lipinski definition) is 1. The fourth-order valence-corrected chi connectivity index (χ4v) is 1.11. The van der Waals surface area contributed by atoms with E-state index in [0.717, 1.165) is 18.6 Å². The van der Waals surface area contributed by atoms with E-state index in [9.17, 15) is 0 Å². The Balaban J connectivity index is 0.000000531. The van der Waals surface area contributed by atoms with E-state index in [1.54, 1.807) is 0 Å². The summed E-state index contributed by atoms with van der Waals surface area (Å²) in [4.78, 5) is 0. The van der Waals surface area contributed by atoms with Crippen molar-refractivity contribution in [1.82, 2.24) is 0 Å². The van der Waals surface area contributed by atoms with Crippen LogP contribution < -0.4 is 4.74 Å². The molecule has 0 aromatic heterocycles. The van der Waals surface area contributed by atoms with Crippen molar-refractivity contribution in [2.75, 3.05) is 7.11 Å². The van der Waals surface area contributed by atoms with Gasteiger partial charge in [-0.3, -0.25) is 0 Å². The second-order valence-electron chi connectivity index (χ2n) is 2.73. The zero-order valence-electron chi connectivity index (χ0n) is 8.59. The molecule has 0 aliphatic rings. The lowest BCUT2D eigenvalue weighted by Gasteiger charge is -2.03. The Morgan fingerprint density at radius 1 is 0.667 bits per heavy atom. The van der Waals surface area contributed by atoms with Gasteiger partial charge in [0, 0.05) is 0 Å². The summed E-state index contributed by atoms with van der Waals surface area (Å²) in [5, 5.41) is 8.25. The average molecular weight is 201 g/mol. The van der Waals surface area contributed by atoms with Crippen molar-refractivity contribution in [1.29, 1.82) is 0 Å². The first-order chi connectivity index (χ1) is 7.45. The minimum Gasteiger partial charge on any atom is -0.457 e. The van der Waals surface area contributed by atoms with E-state index >= 15 is 0 Å². The van der Waals surface area contributed by atoms with Crippen molar-refractivity contribution < 1.29 is 9.84 Å². The van der Waals surface area contributed by atoms with Crippen molar-refractivity contribution in [2.45, 2.75) is 0 Å². The zero-order chi connectivity index (χ0) is 10.9. The Morgan fingerprint density at radius 2 is 1.00 bits per heavy atom. The van der Waals surface area contributed by atoms with E-state index in [0.29, 0.717) is 0 Å². The highest BCUT2D eigenvalue weighted by atomic mass is 16.5. The SMILES string of the molecule is C[O].c1ccc(Oc2ccccc2)cc1. The van der Waals surface area contributed by atoms with Crippen molar-refractivity contribution in [2.24, 2.45) is 0 Å². The van der Waals surface area contributed by atoms with Gasteiger partial charge in [-0.1, -0.05) is 36.4 Å². The van der Waals surface area contributed by atoms with Gasteiger partial charge in [0.15, 0.2) is 0 Å². The van der Waals surface area contributed by atoms with Crippen molar-refractivity contribution in [3.8, 4) is 11.5 Å². The van der Waals surface area contributed by atoms with E-state index < -0.39 is 0 Å². The first kappa shape index (κ1) is 11.3. The molecule has 0 bridgehead atoms. The van der Waals surface area contributed by atoms with Crippen LogP contribution in [0.5, 0.6) is 11.5 Å². The van der Waals surface area contributed by atoms with Gasteiger partial charge in [0.05, 0.1) is 7.11 Å². The number of ether oxygens (including phenoxy) is 1. The lowest BCUT2D eigenvalue weighted by atomic mass is 10.3. The Bertz CT molecular complexity index is 319. The van der Waals surface area contributed by atoms with Crippen LogP contribution in [0.3, 0.4) is 0 Å². The molecule has 0 aliphatic carbocycles. The molecule has 0 atom stereocenters. The van der Waals surface area contributed by atoms with Gasteiger partial charge in [-0.05, 0) is 24.3 Å². The van der Waals surface area contributed by atoms with E-state index in [4.69, 9.17) is 9.84 Å². The summed E-state index contributed by atoms with van der Waals surface area (Å²) in [5.41, 5.74) is 0. The van der Waals surface area contributed by atoms with Crippen LogP contribution in [0, 0.1) is 0 Å². The largest absolute Gasteiger partial charge is 0.457 e. The Morgan fingerprint density at radius 3 is 1.33 bits per heavy atom. The summed E-state index contributed by atoms with van der Waals surface area (Å²) in [6.07, 6.45) is 0. The number of para-hydroxylation sites is 2. The van der Waals surface area contributed by atoms with Crippen LogP contribution in [-0.2, 0) is 5.11 Å².